The first-order valence-corrected chi connectivity index (χ1v) is 11.3. The Morgan fingerprint density at radius 1 is 0.969 bits per heavy atom. The van der Waals surface area contributed by atoms with E-state index in [4.69, 9.17) is 12.2 Å². The molecule has 3 aromatic rings. The molecule has 0 fully saturated rings. The average Bonchev–Trinajstić information content (AvgIpc) is 2.75. The molecule has 7 heteroatoms. The minimum Gasteiger partial charge on any atom is -0.502 e. The van der Waals surface area contributed by atoms with E-state index in [1.54, 1.807) is 41.2 Å². The van der Waals surface area contributed by atoms with Crippen molar-refractivity contribution in [3.8, 4) is 0 Å². The van der Waals surface area contributed by atoms with Crippen LogP contribution in [0.3, 0.4) is 0 Å². The lowest BCUT2D eigenvalue weighted by atomic mass is 9.86. The smallest absolute Gasteiger partial charge is 0.288 e. The lowest BCUT2D eigenvalue weighted by Crippen LogP contribution is -2.38. The van der Waals surface area contributed by atoms with Crippen molar-refractivity contribution in [1.29, 1.82) is 0 Å². The summed E-state index contributed by atoms with van der Waals surface area (Å²) in [7, 11) is 0. The lowest BCUT2D eigenvalue weighted by molar-refractivity contribution is -0.575. The van der Waals surface area contributed by atoms with Gasteiger partial charge in [-0.2, -0.15) is 13.3 Å². The number of nitrogens with one attached hydrogen (secondary N) is 1. The van der Waals surface area contributed by atoms with Crippen molar-refractivity contribution in [2.45, 2.75) is 36.8 Å². The van der Waals surface area contributed by atoms with Crippen molar-refractivity contribution in [3.63, 3.8) is 0 Å². The predicted octanol–water partition coefficient (Wildman–Crippen LogP) is 6.91. The minimum absolute atomic E-state index is 0.000494. The number of anilines is 1. The Balaban J connectivity index is 1.95. The number of pyridine rings is 1. The topological polar surface area (TPSA) is 36.1 Å². The number of hydrogen-bond acceptors (Lipinski definition) is 3. The highest BCUT2D eigenvalue weighted by molar-refractivity contribution is 7.99. The first-order chi connectivity index (χ1) is 15.1. The van der Waals surface area contributed by atoms with Gasteiger partial charge in [0, 0.05) is 28.3 Å². The second-order valence-electron chi connectivity index (χ2n) is 8.16. The third kappa shape index (κ3) is 6.14. The molecular weight excluding hydrogens is 446 g/mol. The molecule has 0 aliphatic heterocycles. The first-order valence-electron chi connectivity index (χ1n) is 10.0. The number of hydrogen-bond donors (Lipinski definition) is 2. The van der Waals surface area contributed by atoms with E-state index in [0.717, 1.165) is 5.56 Å². The Morgan fingerprint density at radius 2 is 1.56 bits per heavy atom. The molecule has 2 aromatic carbocycles. The fourth-order valence-electron chi connectivity index (χ4n) is 3.07. The highest BCUT2D eigenvalue weighted by atomic mass is 32.2. The molecule has 0 radical (unpaired) electrons. The largest absolute Gasteiger partial charge is 0.502 e. The van der Waals surface area contributed by atoms with Crippen LogP contribution in [0.4, 0.5) is 14.5 Å². The molecule has 1 heterocycles. The van der Waals surface area contributed by atoms with E-state index < -0.39 is 5.76 Å². The predicted molar refractivity (Wildman–Crippen MR) is 132 cm³/mol. The number of rotatable bonds is 6. The van der Waals surface area contributed by atoms with Gasteiger partial charge >= 0.3 is 0 Å². The Bertz CT molecular complexity index is 1090. The second kappa shape index (κ2) is 10.2. The molecule has 1 aromatic heterocycles. The average molecular weight is 472 g/mol. The first kappa shape index (κ1) is 23.9. The summed E-state index contributed by atoms with van der Waals surface area (Å²) in [6.07, 6.45) is 3.59. The van der Waals surface area contributed by atoms with Gasteiger partial charge in [0.25, 0.3) is 11.5 Å². The molecule has 0 saturated heterocycles. The molecule has 3 nitrogen and oxygen atoms in total. The monoisotopic (exact) mass is 471 g/mol. The van der Waals surface area contributed by atoms with Gasteiger partial charge in [-0.1, -0.05) is 75.1 Å². The van der Waals surface area contributed by atoms with Gasteiger partial charge in [-0.15, -0.1) is 0 Å². The number of halogens is 2. The molecule has 3 rings (SSSR count). The van der Waals surface area contributed by atoms with Crippen molar-refractivity contribution in [3.05, 3.63) is 90.3 Å². The fraction of sp³-hybridized carbons (Fsp3) is 0.200. The number of benzene rings is 2. The maximum Gasteiger partial charge on any atom is 0.288 e. The van der Waals surface area contributed by atoms with Gasteiger partial charge in [0.15, 0.2) is 23.1 Å². The van der Waals surface area contributed by atoms with Crippen molar-refractivity contribution >= 4 is 46.1 Å². The van der Waals surface area contributed by atoms with Gasteiger partial charge in [0.2, 0.25) is 0 Å². The maximum atomic E-state index is 12.6. The number of thiocarbonyl (C=S) groups is 1. The standard InChI is InChI=1S/C25H24F2N2OS2/c1-25(2,3)18-9-7-17(8-10-18)22(30)21(29-15-5-4-6-16-29)23(31)28-19-11-13-20(14-12-19)32-24(26)27/h4-16,24H,1-3H3,(H-,28,30,31)/p+1. The summed E-state index contributed by atoms with van der Waals surface area (Å²) >= 11 is 6.12. The van der Waals surface area contributed by atoms with E-state index in [1.807, 2.05) is 42.5 Å². The van der Waals surface area contributed by atoms with E-state index in [2.05, 4.69) is 26.1 Å². The quantitative estimate of drug-likeness (QED) is 0.135. The normalized spacial score (nSPS) is 12.4. The summed E-state index contributed by atoms with van der Waals surface area (Å²) in [6, 6.07) is 19.9. The van der Waals surface area contributed by atoms with Crippen LogP contribution >= 0.6 is 24.0 Å². The van der Waals surface area contributed by atoms with Crippen LogP contribution < -0.4 is 9.88 Å². The van der Waals surface area contributed by atoms with E-state index in [-0.39, 0.29) is 11.2 Å². The zero-order valence-corrected chi connectivity index (χ0v) is 19.7. The molecule has 0 amide bonds. The van der Waals surface area contributed by atoms with Crippen LogP contribution in [-0.2, 0) is 5.41 Å². The van der Waals surface area contributed by atoms with Crippen LogP contribution in [0.1, 0.15) is 31.9 Å². The van der Waals surface area contributed by atoms with Crippen molar-refractivity contribution in [1.82, 2.24) is 0 Å². The molecule has 32 heavy (non-hydrogen) atoms. The Hall–Kier alpha value is -2.77. The third-order valence-electron chi connectivity index (χ3n) is 4.77. The molecule has 0 bridgehead atoms. The van der Waals surface area contributed by atoms with Crippen molar-refractivity contribution < 1.29 is 18.5 Å². The molecule has 2 N–H and O–H groups in total. The number of nitrogens with zero attached hydrogens (tertiary/aromatic N) is 1. The van der Waals surface area contributed by atoms with E-state index in [1.165, 1.54) is 0 Å². The summed E-state index contributed by atoms with van der Waals surface area (Å²) < 4.78 is 26.8. The molecular formula is C25H25F2N2OS2+. The summed E-state index contributed by atoms with van der Waals surface area (Å²) in [6.45, 7) is 6.40. The van der Waals surface area contributed by atoms with Crippen LogP contribution in [0.2, 0.25) is 0 Å². The van der Waals surface area contributed by atoms with Crippen LogP contribution in [0.25, 0.3) is 11.5 Å². The molecule has 0 unspecified atom stereocenters. The van der Waals surface area contributed by atoms with Gasteiger partial charge < -0.3 is 10.4 Å². The number of aliphatic hydroxyl groups excluding tert-OH is 1. The number of thioether (sulfide) groups is 1. The van der Waals surface area contributed by atoms with Crippen LogP contribution in [0, 0.1) is 0 Å². The number of aliphatic hydroxyl groups is 1. The highest BCUT2D eigenvalue weighted by Crippen LogP contribution is 2.27. The van der Waals surface area contributed by atoms with Gasteiger partial charge in [0.1, 0.15) is 0 Å². The van der Waals surface area contributed by atoms with E-state index in [9.17, 15) is 13.9 Å². The van der Waals surface area contributed by atoms with Crippen LogP contribution in [-0.4, -0.2) is 15.9 Å². The van der Waals surface area contributed by atoms with Crippen molar-refractivity contribution in [2.75, 3.05) is 5.32 Å². The van der Waals surface area contributed by atoms with Gasteiger partial charge in [-0.3, -0.25) is 0 Å². The molecule has 0 aliphatic carbocycles. The summed E-state index contributed by atoms with van der Waals surface area (Å²) in [5.41, 5.74) is 2.84. The van der Waals surface area contributed by atoms with Crippen LogP contribution in [0.5, 0.6) is 0 Å². The maximum absolute atomic E-state index is 12.6. The minimum atomic E-state index is -2.47. The van der Waals surface area contributed by atoms with Gasteiger partial charge in [-0.25, -0.2) is 0 Å². The lowest BCUT2D eigenvalue weighted by Gasteiger charge is -2.19. The molecule has 0 spiro atoms. The fourth-order valence-corrected chi connectivity index (χ4v) is 3.89. The molecule has 0 atom stereocenters. The Kier molecular flexibility index (Phi) is 7.64. The van der Waals surface area contributed by atoms with Crippen LogP contribution in [0.15, 0.2) is 84.0 Å². The third-order valence-corrected chi connectivity index (χ3v) is 5.79. The summed E-state index contributed by atoms with van der Waals surface area (Å²) in [5, 5.41) is 14.3. The SMILES string of the molecule is CC(C)(C)c1ccc(C(O)=C(C(=S)Nc2ccc(SC(F)F)cc2)[n+]2ccccc2)cc1. The molecule has 0 saturated carbocycles. The van der Waals surface area contributed by atoms with E-state index >= 15 is 0 Å². The Morgan fingerprint density at radius 3 is 2.09 bits per heavy atom. The highest BCUT2D eigenvalue weighted by Gasteiger charge is 2.24. The van der Waals surface area contributed by atoms with Gasteiger partial charge in [0.05, 0.1) is 0 Å². The second-order valence-corrected chi connectivity index (χ2v) is 9.64. The number of aromatic nitrogens is 1. The zero-order valence-electron chi connectivity index (χ0n) is 18.0. The number of alkyl halides is 2. The van der Waals surface area contributed by atoms with Gasteiger partial charge in [-0.05, 0) is 35.2 Å². The zero-order chi connectivity index (χ0) is 23.3. The summed E-state index contributed by atoms with van der Waals surface area (Å²) in [5.74, 6) is -2.44. The Labute approximate surface area is 196 Å². The van der Waals surface area contributed by atoms with Crippen molar-refractivity contribution in [2.24, 2.45) is 0 Å². The molecule has 166 valence electrons. The molecule has 0 aliphatic rings. The summed E-state index contributed by atoms with van der Waals surface area (Å²) in [4.78, 5) is 0.763. The van der Waals surface area contributed by atoms with E-state index in [0.29, 0.717) is 38.6 Å².